The van der Waals surface area contributed by atoms with E-state index in [-0.39, 0.29) is 12.5 Å². The maximum Gasteiger partial charge on any atom is 0.323 e. The summed E-state index contributed by atoms with van der Waals surface area (Å²) in [4.78, 5) is 37.9. The van der Waals surface area contributed by atoms with Crippen LogP contribution in [0.1, 0.15) is 15.9 Å². The van der Waals surface area contributed by atoms with Gasteiger partial charge in [0.1, 0.15) is 5.82 Å². The Morgan fingerprint density at radius 3 is 2.18 bits per heavy atom. The van der Waals surface area contributed by atoms with Crippen molar-refractivity contribution in [3.8, 4) is 11.4 Å². The number of rotatable bonds is 6. The summed E-state index contributed by atoms with van der Waals surface area (Å²) in [5.74, 6) is 1.29. The fourth-order valence-corrected chi connectivity index (χ4v) is 4.35. The first-order valence-electron chi connectivity index (χ1n) is 12.7. The molecule has 0 aliphatic carbocycles. The highest BCUT2D eigenvalue weighted by atomic mass is 16.5. The molecule has 3 aromatic carbocycles. The van der Waals surface area contributed by atoms with Crippen LogP contribution in [0, 0.1) is 0 Å². The number of anilines is 3. The number of hydrogen-bond donors (Lipinski definition) is 3. The van der Waals surface area contributed by atoms with Gasteiger partial charge in [0.25, 0.3) is 5.91 Å². The van der Waals surface area contributed by atoms with E-state index in [1.54, 1.807) is 50.5 Å². The fourth-order valence-electron chi connectivity index (χ4n) is 4.35. The monoisotopic (exact) mass is 526 g/mol. The van der Waals surface area contributed by atoms with Crippen LogP contribution in [0.25, 0.3) is 22.3 Å². The van der Waals surface area contributed by atoms with Crippen LogP contribution in [-0.4, -0.2) is 72.3 Å². The number of nitrogens with zero attached hydrogens (tertiary/aromatic N) is 4. The Morgan fingerprint density at radius 2 is 1.56 bits per heavy atom. The van der Waals surface area contributed by atoms with E-state index in [9.17, 15) is 14.7 Å². The van der Waals surface area contributed by atoms with Gasteiger partial charge < -0.3 is 30.3 Å². The first kappa shape index (κ1) is 26.1. The van der Waals surface area contributed by atoms with Gasteiger partial charge in [0.15, 0.2) is 5.82 Å². The number of nitrogens with one attached hydrogen (secondary N) is 2. The summed E-state index contributed by atoms with van der Waals surface area (Å²) in [6.45, 7) is 2.68. The van der Waals surface area contributed by atoms with Gasteiger partial charge in [0.2, 0.25) is 0 Å². The van der Waals surface area contributed by atoms with Crippen molar-refractivity contribution in [2.24, 2.45) is 0 Å². The minimum absolute atomic E-state index is 0.0665. The second kappa shape index (κ2) is 11.5. The molecule has 2 heterocycles. The molecule has 10 heteroatoms. The standard InChI is InChI=1S/C29H30N6O4/c1-34(2)28(37)21-6-10-23(11-7-21)31-29(38)30-22-8-4-20(5-9-22)26-32-25-17-19(18-36)3-12-24(25)27(33-26)35-13-15-39-16-14-35/h3-12,17,36H,13-16,18H2,1-2H3,(H2,30,31,38). The molecule has 1 saturated heterocycles. The fraction of sp³-hybridized carbons (Fsp3) is 0.241. The number of amides is 3. The summed E-state index contributed by atoms with van der Waals surface area (Å²) in [5.41, 5.74) is 4.06. The average Bonchev–Trinajstić information content (AvgIpc) is 2.97. The number of hydrogen-bond acceptors (Lipinski definition) is 7. The van der Waals surface area contributed by atoms with Crippen LogP contribution in [0.5, 0.6) is 0 Å². The number of morpholine rings is 1. The number of urea groups is 1. The van der Waals surface area contributed by atoms with Gasteiger partial charge in [-0.2, -0.15) is 0 Å². The number of fused-ring (bicyclic) bond motifs is 1. The van der Waals surface area contributed by atoms with Crippen LogP contribution in [0.4, 0.5) is 22.0 Å². The van der Waals surface area contributed by atoms with Crippen LogP contribution in [-0.2, 0) is 11.3 Å². The molecule has 5 rings (SSSR count). The lowest BCUT2D eigenvalue weighted by Gasteiger charge is -2.29. The largest absolute Gasteiger partial charge is 0.392 e. The predicted octanol–water partition coefficient (Wildman–Crippen LogP) is 3.97. The zero-order valence-corrected chi connectivity index (χ0v) is 21.8. The van der Waals surface area contributed by atoms with Gasteiger partial charge in [-0.1, -0.05) is 6.07 Å². The number of aliphatic hydroxyl groups excluding tert-OH is 1. The van der Waals surface area contributed by atoms with E-state index in [2.05, 4.69) is 15.5 Å². The van der Waals surface area contributed by atoms with E-state index < -0.39 is 6.03 Å². The Hall–Kier alpha value is -4.54. The molecule has 10 nitrogen and oxygen atoms in total. The summed E-state index contributed by atoms with van der Waals surface area (Å²) in [7, 11) is 3.38. The number of aliphatic hydroxyl groups is 1. The Morgan fingerprint density at radius 1 is 0.923 bits per heavy atom. The van der Waals surface area contributed by atoms with Gasteiger partial charge in [-0.3, -0.25) is 4.79 Å². The Bertz CT molecular complexity index is 1480. The second-order valence-electron chi connectivity index (χ2n) is 9.41. The van der Waals surface area contributed by atoms with Crippen molar-refractivity contribution in [2.75, 3.05) is 55.9 Å². The molecule has 0 atom stereocenters. The molecule has 200 valence electrons. The highest BCUT2D eigenvalue weighted by molar-refractivity contribution is 6.00. The van der Waals surface area contributed by atoms with Crippen molar-refractivity contribution < 1.29 is 19.4 Å². The molecule has 1 aliphatic heterocycles. The molecule has 1 aromatic heterocycles. The maximum atomic E-state index is 12.5. The SMILES string of the molecule is CN(C)C(=O)c1ccc(NC(=O)Nc2ccc(-c3nc(N4CCOCC4)c4ccc(CO)cc4n3)cc2)cc1. The molecule has 3 N–H and O–H groups in total. The predicted molar refractivity (Wildman–Crippen MR) is 151 cm³/mol. The van der Waals surface area contributed by atoms with Gasteiger partial charge in [0.05, 0.1) is 25.3 Å². The molecule has 3 amide bonds. The van der Waals surface area contributed by atoms with Crippen molar-refractivity contribution in [1.29, 1.82) is 0 Å². The lowest BCUT2D eigenvalue weighted by atomic mass is 10.1. The first-order chi connectivity index (χ1) is 18.9. The molecule has 0 spiro atoms. The lowest BCUT2D eigenvalue weighted by molar-refractivity contribution is 0.0827. The van der Waals surface area contributed by atoms with Gasteiger partial charge >= 0.3 is 6.03 Å². The molecular weight excluding hydrogens is 496 g/mol. The zero-order valence-electron chi connectivity index (χ0n) is 21.8. The number of benzene rings is 3. The molecule has 0 unspecified atom stereocenters. The Balaban J connectivity index is 1.33. The van der Waals surface area contributed by atoms with Crippen LogP contribution in [0.2, 0.25) is 0 Å². The van der Waals surface area contributed by atoms with Gasteiger partial charge in [-0.05, 0) is 66.2 Å². The third kappa shape index (κ3) is 5.97. The second-order valence-corrected chi connectivity index (χ2v) is 9.41. The number of aromatic nitrogens is 2. The van der Waals surface area contributed by atoms with Gasteiger partial charge in [0, 0.05) is 55.1 Å². The smallest absolute Gasteiger partial charge is 0.323 e. The van der Waals surface area contributed by atoms with Crippen LogP contribution in [0.3, 0.4) is 0 Å². The van der Waals surface area contributed by atoms with Gasteiger partial charge in [-0.15, -0.1) is 0 Å². The molecule has 1 aliphatic rings. The average molecular weight is 527 g/mol. The van der Waals surface area contributed by atoms with Crippen LogP contribution < -0.4 is 15.5 Å². The van der Waals surface area contributed by atoms with Gasteiger partial charge in [-0.25, -0.2) is 14.8 Å². The number of carbonyl (C=O) groups is 2. The molecule has 0 saturated carbocycles. The van der Waals surface area contributed by atoms with E-state index in [1.165, 1.54) is 4.90 Å². The van der Waals surface area contributed by atoms with Crippen molar-refractivity contribution in [1.82, 2.24) is 14.9 Å². The zero-order chi connectivity index (χ0) is 27.4. The van der Waals surface area contributed by atoms with E-state index in [4.69, 9.17) is 14.7 Å². The van der Waals surface area contributed by atoms with Crippen molar-refractivity contribution in [2.45, 2.75) is 6.61 Å². The highest BCUT2D eigenvalue weighted by Crippen LogP contribution is 2.29. The Kier molecular flexibility index (Phi) is 7.67. The Labute approximate surface area is 226 Å². The van der Waals surface area contributed by atoms with Crippen molar-refractivity contribution >= 4 is 40.0 Å². The first-order valence-corrected chi connectivity index (χ1v) is 12.7. The van der Waals surface area contributed by atoms with Crippen molar-refractivity contribution in [3.05, 3.63) is 77.9 Å². The summed E-state index contributed by atoms with van der Waals surface area (Å²) in [5, 5.41) is 16.1. The minimum atomic E-state index is -0.400. The van der Waals surface area contributed by atoms with Crippen LogP contribution >= 0.6 is 0 Å². The quantitative estimate of drug-likeness (QED) is 0.348. The third-order valence-corrected chi connectivity index (χ3v) is 6.43. The molecule has 1 fully saturated rings. The lowest BCUT2D eigenvalue weighted by Crippen LogP contribution is -2.37. The molecular formula is C29H30N6O4. The number of carbonyl (C=O) groups excluding carboxylic acids is 2. The third-order valence-electron chi connectivity index (χ3n) is 6.43. The van der Waals surface area contributed by atoms with E-state index >= 15 is 0 Å². The number of ether oxygens (including phenoxy) is 1. The van der Waals surface area contributed by atoms with E-state index in [0.717, 1.165) is 40.9 Å². The normalized spacial score (nSPS) is 13.3. The van der Waals surface area contributed by atoms with E-state index in [1.807, 2.05) is 30.3 Å². The molecule has 39 heavy (non-hydrogen) atoms. The molecule has 0 bridgehead atoms. The summed E-state index contributed by atoms with van der Waals surface area (Å²) < 4.78 is 5.52. The minimum Gasteiger partial charge on any atom is -0.392 e. The van der Waals surface area contributed by atoms with Crippen LogP contribution in [0.15, 0.2) is 66.7 Å². The molecule has 0 radical (unpaired) electrons. The van der Waals surface area contributed by atoms with E-state index in [0.29, 0.717) is 36.0 Å². The van der Waals surface area contributed by atoms with Crippen molar-refractivity contribution in [3.63, 3.8) is 0 Å². The molecule has 4 aromatic rings. The topological polar surface area (TPSA) is 120 Å². The highest BCUT2D eigenvalue weighted by Gasteiger charge is 2.18. The summed E-state index contributed by atoms with van der Waals surface area (Å²) in [6.07, 6.45) is 0. The maximum absolute atomic E-state index is 12.5. The summed E-state index contributed by atoms with van der Waals surface area (Å²) >= 11 is 0. The summed E-state index contributed by atoms with van der Waals surface area (Å²) in [6, 6.07) is 19.3.